The van der Waals surface area contributed by atoms with Gasteiger partial charge in [-0.1, -0.05) is 0 Å². The lowest BCUT2D eigenvalue weighted by Gasteiger charge is -2.32. The molecule has 104 valence electrons. The van der Waals surface area contributed by atoms with Crippen LogP contribution in [0.3, 0.4) is 0 Å². The Balaban J connectivity index is 1.74. The Morgan fingerprint density at radius 3 is 2.90 bits per heavy atom. The SMILES string of the molecule is Nc1nc(C2CCCN(C(=O)c3ccncc3)C2)cs1. The Morgan fingerprint density at radius 1 is 1.40 bits per heavy atom. The van der Waals surface area contributed by atoms with E-state index in [1.807, 2.05) is 10.3 Å². The molecule has 0 aromatic carbocycles. The molecule has 1 atom stereocenters. The number of nitrogen functional groups attached to an aromatic ring is 1. The van der Waals surface area contributed by atoms with E-state index in [-0.39, 0.29) is 5.91 Å². The van der Waals surface area contributed by atoms with E-state index in [9.17, 15) is 4.79 Å². The first kappa shape index (κ1) is 13.1. The maximum atomic E-state index is 12.4. The van der Waals surface area contributed by atoms with Gasteiger partial charge in [-0.3, -0.25) is 9.78 Å². The Labute approximate surface area is 121 Å². The van der Waals surface area contributed by atoms with E-state index < -0.39 is 0 Å². The number of likely N-dealkylation sites (tertiary alicyclic amines) is 1. The number of rotatable bonds is 2. The second-order valence-corrected chi connectivity index (χ2v) is 5.83. The lowest BCUT2D eigenvalue weighted by Crippen LogP contribution is -2.39. The topological polar surface area (TPSA) is 72.1 Å². The molecule has 0 bridgehead atoms. The predicted octanol–water partition coefficient (Wildman–Crippen LogP) is 2.14. The number of aromatic nitrogens is 2. The summed E-state index contributed by atoms with van der Waals surface area (Å²) in [6.07, 6.45) is 5.35. The van der Waals surface area contributed by atoms with E-state index in [2.05, 4.69) is 9.97 Å². The molecule has 20 heavy (non-hydrogen) atoms. The number of nitrogens with zero attached hydrogens (tertiary/aromatic N) is 3. The predicted molar refractivity (Wildman–Crippen MR) is 78.6 cm³/mol. The van der Waals surface area contributed by atoms with Crippen LogP contribution in [0.4, 0.5) is 5.13 Å². The van der Waals surface area contributed by atoms with E-state index in [1.165, 1.54) is 11.3 Å². The number of pyridine rings is 1. The summed E-state index contributed by atoms with van der Waals surface area (Å²) in [6.45, 7) is 1.52. The zero-order chi connectivity index (χ0) is 13.9. The van der Waals surface area contributed by atoms with Gasteiger partial charge in [-0.2, -0.15) is 0 Å². The Kier molecular flexibility index (Phi) is 3.64. The molecule has 2 aromatic heterocycles. The summed E-state index contributed by atoms with van der Waals surface area (Å²) in [5.41, 5.74) is 7.40. The first-order valence-corrected chi connectivity index (χ1v) is 7.52. The average molecular weight is 288 g/mol. The number of amides is 1. The molecular weight excluding hydrogens is 272 g/mol. The van der Waals surface area contributed by atoms with Crippen molar-refractivity contribution in [3.8, 4) is 0 Å². The average Bonchev–Trinajstić information content (AvgIpc) is 2.94. The monoisotopic (exact) mass is 288 g/mol. The standard InChI is InChI=1S/C14H16N4OS/c15-14-17-12(9-20-14)11-2-1-7-18(8-11)13(19)10-3-5-16-6-4-10/h3-6,9,11H,1-2,7-8H2,(H2,15,17). The molecule has 1 aliphatic rings. The van der Waals surface area contributed by atoms with Crippen LogP contribution in [0.5, 0.6) is 0 Å². The minimum atomic E-state index is 0.0697. The first-order chi connectivity index (χ1) is 9.74. The van der Waals surface area contributed by atoms with Crippen LogP contribution < -0.4 is 5.73 Å². The van der Waals surface area contributed by atoms with Crippen LogP contribution in [0.2, 0.25) is 0 Å². The Bertz CT molecular complexity index is 598. The smallest absolute Gasteiger partial charge is 0.253 e. The summed E-state index contributed by atoms with van der Waals surface area (Å²) < 4.78 is 0. The van der Waals surface area contributed by atoms with Crippen molar-refractivity contribution in [2.45, 2.75) is 18.8 Å². The highest BCUT2D eigenvalue weighted by Gasteiger charge is 2.26. The molecule has 2 N–H and O–H groups in total. The van der Waals surface area contributed by atoms with Gasteiger partial charge in [0, 0.05) is 42.3 Å². The third kappa shape index (κ3) is 2.65. The molecule has 2 aromatic rings. The number of carbonyl (C=O) groups excluding carboxylic acids is 1. The van der Waals surface area contributed by atoms with Crippen molar-refractivity contribution < 1.29 is 4.79 Å². The van der Waals surface area contributed by atoms with Crippen LogP contribution in [-0.4, -0.2) is 33.9 Å². The van der Waals surface area contributed by atoms with Gasteiger partial charge in [0.25, 0.3) is 5.91 Å². The molecule has 0 aliphatic carbocycles. The maximum Gasteiger partial charge on any atom is 0.253 e. The maximum absolute atomic E-state index is 12.4. The summed E-state index contributed by atoms with van der Waals surface area (Å²) >= 11 is 1.46. The van der Waals surface area contributed by atoms with Crippen LogP contribution in [-0.2, 0) is 0 Å². The van der Waals surface area contributed by atoms with Crippen molar-refractivity contribution in [3.63, 3.8) is 0 Å². The highest BCUT2D eigenvalue weighted by molar-refractivity contribution is 7.13. The van der Waals surface area contributed by atoms with Crippen LogP contribution in [0.25, 0.3) is 0 Å². The van der Waals surface area contributed by atoms with Crippen LogP contribution in [0.1, 0.15) is 34.8 Å². The molecule has 0 spiro atoms. The van der Waals surface area contributed by atoms with Crippen LogP contribution in [0.15, 0.2) is 29.9 Å². The highest BCUT2D eigenvalue weighted by atomic mass is 32.1. The minimum absolute atomic E-state index is 0.0697. The lowest BCUT2D eigenvalue weighted by atomic mass is 9.95. The summed E-state index contributed by atoms with van der Waals surface area (Å²) in [5, 5.41) is 2.60. The van der Waals surface area contributed by atoms with Gasteiger partial charge < -0.3 is 10.6 Å². The van der Waals surface area contributed by atoms with Crippen molar-refractivity contribution in [2.24, 2.45) is 0 Å². The van der Waals surface area contributed by atoms with E-state index in [4.69, 9.17) is 5.73 Å². The molecule has 5 nitrogen and oxygen atoms in total. The number of carbonyl (C=O) groups is 1. The fraction of sp³-hybridized carbons (Fsp3) is 0.357. The van der Waals surface area contributed by atoms with Crippen molar-refractivity contribution in [1.29, 1.82) is 0 Å². The summed E-state index contributed by atoms with van der Waals surface area (Å²) in [7, 11) is 0. The van der Waals surface area contributed by atoms with Crippen molar-refractivity contribution in [1.82, 2.24) is 14.9 Å². The molecule has 0 saturated carbocycles. The van der Waals surface area contributed by atoms with Crippen LogP contribution in [0, 0.1) is 0 Å². The summed E-state index contributed by atoms with van der Waals surface area (Å²) in [5.74, 6) is 0.364. The lowest BCUT2D eigenvalue weighted by molar-refractivity contribution is 0.0706. The Hall–Kier alpha value is -1.95. The zero-order valence-corrected chi connectivity index (χ0v) is 11.8. The molecule has 0 radical (unpaired) electrons. The Morgan fingerprint density at radius 2 is 2.20 bits per heavy atom. The zero-order valence-electron chi connectivity index (χ0n) is 11.0. The molecule has 6 heteroatoms. The molecule has 1 saturated heterocycles. The molecule has 1 amide bonds. The van der Waals surface area contributed by atoms with Crippen molar-refractivity contribution in [2.75, 3.05) is 18.8 Å². The third-order valence-electron chi connectivity index (χ3n) is 3.59. The number of anilines is 1. The summed E-state index contributed by atoms with van der Waals surface area (Å²) in [6, 6.07) is 3.51. The fourth-order valence-electron chi connectivity index (χ4n) is 2.57. The van der Waals surface area contributed by atoms with Crippen molar-refractivity contribution >= 4 is 22.4 Å². The van der Waals surface area contributed by atoms with Gasteiger partial charge in [-0.15, -0.1) is 11.3 Å². The largest absolute Gasteiger partial charge is 0.375 e. The van der Waals surface area contributed by atoms with E-state index >= 15 is 0 Å². The van der Waals surface area contributed by atoms with E-state index in [1.54, 1.807) is 24.5 Å². The van der Waals surface area contributed by atoms with Gasteiger partial charge in [0.05, 0.1) is 5.69 Å². The normalized spacial score (nSPS) is 19.0. The third-order valence-corrected chi connectivity index (χ3v) is 4.29. The molecule has 3 rings (SSSR count). The number of nitrogens with two attached hydrogens (primary N) is 1. The molecule has 1 unspecified atom stereocenters. The van der Waals surface area contributed by atoms with Gasteiger partial charge in [-0.25, -0.2) is 4.98 Å². The molecule has 3 heterocycles. The summed E-state index contributed by atoms with van der Waals surface area (Å²) in [4.78, 5) is 22.6. The number of thiazole rings is 1. The quantitative estimate of drug-likeness (QED) is 0.919. The number of hydrogen-bond donors (Lipinski definition) is 1. The van der Waals surface area contributed by atoms with Gasteiger partial charge in [0.2, 0.25) is 0 Å². The highest BCUT2D eigenvalue weighted by Crippen LogP contribution is 2.29. The van der Waals surface area contributed by atoms with Gasteiger partial charge in [0.1, 0.15) is 0 Å². The molecule has 1 aliphatic heterocycles. The van der Waals surface area contributed by atoms with Crippen LogP contribution >= 0.6 is 11.3 Å². The minimum Gasteiger partial charge on any atom is -0.375 e. The number of piperidine rings is 1. The molecular formula is C14H16N4OS. The fourth-order valence-corrected chi connectivity index (χ4v) is 3.21. The molecule has 1 fully saturated rings. The van der Waals surface area contributed by atoms with E-state index in [0.29, 0.717) is 23.2 Å². The van der Waals surface area contributed by atoms with Gasteiger partial charge in [-0.05, 0) is 25.0 Å². The van der Waals surface area contributed by atoms with Crippen molar-refractivity contribution in [3.05, 3.63) is 41.2 Å². The second kappa shape index (κ2) is 5.58. The van der Waals surface area contributed by atoms with E-state index in [0.717, 1.165) is 25.1 Å². The first-order valence-electron chi connectivity index (χ1n) is 6.64. The number of hydrogen-bond acceptors (Lipinski definition) is 5. The van der Waals surface area contributed by atoms with Gasteiger partial charge in [0.15, 0.2) is 5.13 Å². The van der Waals surface area contributed by atoms with Gasteiger partial charge >= 0.3 is 0 Å². The second-order valence-electron chi connectivity index (χ2n) is 4.94.